The smallest absolute Gasteiger partial charge is 0.229 e. The number of nitriles is 2. The minimum atomic E-state index is -0.904. The Labute approximate surface area is 210 Å². The first-order valence-corrected chi connectivity index (χ1v) is 11.6. The second-order valence-electron chi connectivity index (χ2n) is 8.45. The van der Waals surface area contributed by atoms with Crippen LogP contribution in [0, 0.1) is 36.5 Å². The number of aromatic nitrogens is 2. The van der Waals surface area contributed by atoms with Crippen molar-refractivity contribution in [1.29, 1.82) is 10.5 Å². The molecule has 1 unspecified atom stereocenters. The molecule has 0 saturated carbocycles. The number of nitrogens with zero attached hydrogens (tertiary/aromatic N) is 5. The summed E-state index contributed by atoms with van der Waals surface area (Å²) in [4.78, 5) is 11.1. The third kappa shape index (κ3) is 5.85. The fourth-order valence-electron chi connectivity index (χ4n) is 4.06. The van der Waals surface area contributed by atoms with Gasteiger partial charge in [0.25, 0.3) is 0 Å². The monoisotopic (exact) mass is 481 g/mol. The van der Waals surface area contributed by atoms with Crippen molar-refractivity contribution in [3.05, 3.63) is 76.5 Å². The molecule has 9 heteroatoms. The van der Waals surface area contributed by atoms with Gasteiger partial charge in [-0.05, 0) is 73.0 Å². The molecule has 2 heterocycles. The lowest BCUT2D eigenvalue weighted by molar-refractivity contribution is -0.0602. The number of hydrogen-bond donors (Lipinski definition) is 3. The third-order valence-electron chi connectivity index (χ3n) is 5.91. The highest BCUT2D eigenvalue weighted by Gasteiger charge is 2.25. The predicted molar refractivity (Wildman–Crippen MR) is 138 cm³/mol. The molecule has 0 amide bonds. The van der Waals surface area contributed by atoms with Crippen molar-refractivity contribution in [2.75, 3.05) is 36.9 Å². The first-order valence-electron chi connectivity index (χ1n) is 11.6. The highest BCUT2D eigenvalue weighted by atomic mass is 16.5. The van der Waals surface area contributed by atoms with Crippen LogP contribution in [0.3, 0.4) is 0 Å². The Morgan fingerprint density at radius 1 is 1.08 bits per heavy atom. The van der Waals surface area contributed by atoms with Crippen LogP contribution in [0.2, 0.25) is 0 Å². The third-order valence-corrected chi connectivity index (χ3v) is 5.91. The molecular weight excluding hydrogens is 454 g/mol. The van der Waals surface area contributed by atoms with E-state index in [1.165, 1.54) is 6.08 Å². The van der Waals surface area contributed by atoms with Gasteiger partial charge in [-0.1, -0.05) is 0 Å². The van der Waals surface area contributed by atoms with Gasteiger partial charge >= 0.3 is 0 Å². The average Bonchev–Trinajstić information content (AvgIpc) is 2.90. The summed E-state index contributed by atoms with van der Waals surface area (Å²) < 4.78 is 5.43. The highest BCUT2D eigenvalue weighted by Crippen LogP contribution is 2.32. The van der Waals surface area contributed by atoms with E-state index in [9.17, 15) is 5.11 Å². The summed E-state index contributed by atoms with van der Waals surface area (Å²) >= 11 is 0. The van der Waals surface area contributed by atoms with E-state index in [-0.39, 0.29) is 0 Å². The van der Waals surface area contributed by atoms with Crippen molar-refractivity contribution in [1.82, 2.24) is 14.9 Å². The maximum absolute atomic E-state index is 11.2. The predicted octanol–water partition coefficient (Wildman–Crippen LogP) is 4.31. The Morgan fingerprint density at radius 2 is 1.78 bits per heavy atom. The summed E-state index contributed by atoms with van der Waals surface area (Å²) in [6, 6.07) is 15.1. The Balaban J connectivity index is 1.69. The van der Waals surface area contributed by atoms with Gasteiger partial charge < -0.3 is 20.5 Å². The second-order valence-corrected chi connectivity index (χ2v) is 8.45. The molecule has 0 spiro atoms. The minimum Gasteiger partial charge on any atom is -0.379 e. The van der Waals surface area contributed by atoms with Crippen molar-refractivity contribution in [3.8, 4) is 12.1 Å². The fourth-order valence-corrected chi connectivity index (χ4v) is 4.06. The molecule has 1 saturated heterocycles. The van der Waals surface area contributed by atoms with Gasteiger partial charge in [-0.3, -0.25) is 4.90 Å². The summed E-state index contributed by atoms with van der Waals surface area (Å²) in [5, 5.41) is 35.6. The zero-order valence-corrected chi connectivity index (χ0v) is 20.2. The van der Waals surface area contributed by atoms with E-state index < -0.39 is 6.23 Å². The molecule has 36 heavy (non-hydrogen) atoms. The first kappa shape index (κ1) is 24.8. The van der Waals surface area contributed by atoms with Crippen LogP contribution in [-0.2, 0) is 4.74 Å². The topological polar surface area (TPSA) is 130 Å². The number of aliphatic hydroxyl groups excluding tert-OH is 1. The molecule has 2 aromatic carbocycles. The molecule has 9 nitrogen and oxygen atoms in total. The van der Waals surface area contributed by atoms with Crippen LogP contribution in [0.5, 0.6) is 0 Å². The Hall–Kier alpha value is -4.28. The van der Waals surface area contributed by atoms with Crippen molar-refractivity contribution in [3.63, 3.8) is 0 Å². The van der Waals surface area contributed by atoms with Crippen molar-refractivity contribution in [2.24, 2.45) is 0 Å². The molecule has 4 rings (SSSR count). The lowest BCUT2D eigenvalue weighted by atomic mass is 10.0. The molecule has 1 fully saturated rings. The molecule has 0 bridgehead atoms. The number of aliphatic hydroxyl groups is 1. The number of aryl methyl sites for hydroxylation is 2. The molecule has 3 aromatic rings. The summed E-state index contributed by atoms with van der Waals surface area (Å²) in [5.41, 5.74) is 5.59. The molecule has 3 N–H and O–H groups in total. The zero-order chi connectivity index (χ0) is 25.5. The van der Waals surface area contributed by atoms with E-state index in [4.69, 9.17) is 20.2 Å². The van der Waals surface area contributed by atoms with Crippen LogP contribution in [0.25, 0.3) is 6.08 Å². The zero-order valence-electron chi connectivity index (χ0n) is 20.2. The van der Waals surface area contributed by atoms with E-state index in [0.717, 1.165) is 28.1 Å². The van der Waals surface area contributed by atoms with Crippen molar-refractivity contribution in [2.45, 2.75) is 20.1 Å². The van der Waals surface area contributed by atoms with Crippen molar-refractivity contribution < 1.29 is 9.84 Å². The molecule has 1 aromatic heterocycles. The van der Waals surface area contributed by atoms with Crippen LogP contribution in [-0.4, -0.2) is 46.3 Å². The molecule has 0 radical (unpaired) electrons. The van der Waals surface area contributed by atoms with Gasteiger partial charge in [0.1, 0.15) is 12.0 Å². The number of benzene rings is 2. The number of hydrogen-bond acceptors (Lipinski definition) is 9. The number of anilines is 4. The number of allylic oxidation sites excluding steroid dienone is 1. The van der Waals surface area contributed by atoms with Gasteiger partial charge in [-0.2, -0.15) is 15.5 Å². The number of nitrogens with one attached hydrogen (secondary N) is 2. The lowest BCUT2D eigenvalue weighted by Crippen LogP contribution is -2.39. The SMILES string of the molecule is Cc1cc(/C=C/C#N)cc(C)c1Nc1nc(Nc2ccc(C#N)cc2)ncc1C(O)N1CCOCC1. The highest BCUT2D eigenvalue weighted by molar-refractivity contribution is 5.71. The molecule has 1 aliphatic heterocycles. The van der Waals surface area contributed by atoms with Crippen LogP contribution in [0.1, 0.15) is 34.0 Å². The maximum Gasteiger partial charge on any atom is 0.229 e. The van der Waals surface area contributed by atoms with Crippen LogP contribution < -0.4 is 10.6 Å². The maximum atomic E-state index is 11.2. The number of morpholine rings is 1. The standard InChI is InChI=1S/C27H27N7O2/c1-18-14-21(4-3-9-28)15-19(2)24(18)32-25-23(26(35)34-10-12-36-13-11-34)17-30-27(33-25)31-22-7-5-20(16-29)6-8-22/h3-8,14-15,17,26,35H,10-13H2,1-2H3,(H2,30,31,32,33)/b4-3+. The second kappa shape index (κ2) is 11.4. The normalized spacial score (nSPS) is 14.7. The molecule has 1 atom stereocenters. The van der Waals surface area contributed by atoms with E-state index in [1.807, 2.05) is 36.9 Å². The summed E-state index contributed by atoms with van der Waals surface area (Å²) in [7, 11) is 0. The van der Waals surface area contributed by atoms with Gasteiger partial charge in [0.05, 0.1) is 36.5 Å². The Bertz CT molecular complexity index is 1310. The molecular formula is C27H27N7O2. The lowest BCUT2D eigenvalue weighted by Gasteiger charge is -2.32. The van der Waals surface area contributed by atoms with E-state index in [0.29, 0.717) is 49.2 Å². The number of rotatable bonds is 7. The summed E-state index contributed by atoms with van der Waals surface area (Å²) in [6.07, 6.45) is 3.93. The van der Waals surface area contributed by atoms with Crippen LogP contribution in [0.15, 0.2) is 48.7 Å². The van der Waals surface area contributed by atoms with Gasteiger partial charge in [0.15, 0.2) is 0 Å². The van der Waals surface area contributed by atoms with Gasteiger partial charge in [-0.15, -0.1) is 0 Å². The van der Waals surface area contributed by atoms with E-state index >= 15 is 0 Å². The fraction of sp³-hybridized carbons (Fsp3) is 0.259. The van der Waals surface area contributed by atoms with E-state index in [1.54, 1.807) is 36.5 Å². The van der Waals surface area contributed by atoms with Gasteiger partial charge in [0.2, 0.25) is 5.95 Å². The van der Waals surface area contributed by atoms with Crippen LogP contribution in [0.4, 0.5) is 23.1 Å². The summed E-state index contributed by atoms with van der Waals surface area (Å²) in [5.74, 6) is 0.829. The Morgan fingerprint density at radius 3 is 2.42 bits per heavy atom. The summed E-state index contributed by atoms with van der Waals surface area (Å²) in [6.45, 7) is 6.26. The van der Waals surface area contributed by atoms with Gasteiger partial charge in [-0.25, -0.2) is 4.98 Å². The van der Waals surface area contributed by atoms with Gasteiger partial charge in [0, 0.05) is 36.7 Å². The van der Waals surface area contributed by atoms with Crippen molar-refractivity contribution >= 4 is 29.2 Å². The largest absolute Gasteiger partial charge is 0.379 e. The van der Waals surface area contributed by atoms with E-state index in [2.05, 4.69) is 21.7 Å². The first-order chi connectivity index (χ1) is 17.5. The van der Waals surface area contributed by atoms with Crippen LogP contribution >= 0.6 is 0 Å². The quantitative estimate of drug-likeness (QED) is 0.423. The minimum absolute atomic E-state index is 0.351. The average molecular weight is 482 g/mol. The Kier molecular flexibility index (Phi) is 7.89. The molecule has 1 aliphatic rings. The molecule has 182 valence electrons. The molecule has 0 aliphatic carbocycles. The number of ether oxygens (including phenoxy) is 1.